The number of benzene rings is 1. The fraction of sp³-hybridized carbons (Fsp3) is 0.571. The third kappa shape index (κ3) is 3.94. The van der Waals surface area contributed by atoms with Crippen LogP contribution in [0, 0.1) is 5.41 Å². The fourth-order valence-electron chi connectivity index (χ4n) is 2.82. The Bertz CT molecular complexity index is 552. The van der Waals surface area contributed by atoms with Gasteiger partial charge in [0.25, 0.3) is 0 Å². The Morgan fingerprint density at radius 1 is 1.37 bits per heavy atom. The van der Waals surface area contributed by atoms with E-state index in [9.17, 15) is 8.42 Å². The molecule has 0 aromatic heterocycles. The van der Waals surface area contributed by atoms with E-state index in [0.717, 1.165) is 18.5 Å². The van der Waals surface area contributed by atoms with Crippen molar-refractivity contribution in [2.75, 3.05) is 5.32 Å². The van der Waals surface area contributed by atoms with Crippen LogP contribution in [0.3, 0.4) is 0 Å². The minimum Gasteiger partial charge on any atom is -0.382 e. The first-order chi connectivity index (χ1) is 8.76. The first-order valence-corrected chi connectivity index (χ1v) is 8.20. The monoisotopic (exact) mass is 282 g/mol. The maximum atomic E-state index is 11.3. The molecule has 5 heteroatoms. The summed E-state index contributed by atoms with van der Waals surface area (Å²) >= 11 is 0. The molecule has 1 aromatic rings. The second-order valence-corrected chi connectivity index (χ2v) is 7.74. The van der Waals surface area contributed by atoms with Crippen LogP contribution in [0.1, 0.15) is 39.5 Å². The smallest absolute Gasteiger partial charge is 0.238 e. The Hall–Kier alpha value is -1.07. The SMILES string of the molecule is CC1(C)CCCC(Nc2cccc(S(N)(=O)=O)c2)C1. The van der Waals surface area contributed by atoms with Crippen LogP contribution >= 0.6 is 0 Å². The molecule has 0 amide bonds. The Morgan fingerprint density at radius 3 is 2.74 bits per heavy atom. The lowest BCUT2D eigenvalue weighted by Gasteiger charge is -2.36. The highest BCUT2D eigenvalue weighted by atomic mass is 32.2. The molecule has 1 aromatic carbocycles. The summed E-state index contributed by atoms with van der Waals surface area (Å²) in [4.78, 5) is 0.160. The molecule has 0 radical (unpaired) electrons. The molecule has 19 heavy (non-hydrogen) atoms. The minimum atomic E-state index is -3.63. The van der Waals surface area contributed by atoms with E-state index in [1.165, 1.54) is 18.9 Å². The topological polar surface area (TPSA) is 72.2 Å². The van der Waals surface area contributed by atoms with Crippen molar-refractivity contribution in [1.82, 2.24) is 0 Å². The summed E-state index contributed by atoms with van der Waals surface area (Å²) in [7, 11) is -3.63. The summed E-state index contributed by atoms with van der Waals surface area (Å²) in [6, 6.07) is 7.13. The zero-order valence-corrected chi connectivity index (χ0v) is 12.3. The van der Waals surface area contributed by atoms with Crippen molar-refractivity contribution in [1.29, 1.82) is 0 Å². The average molecular weight is 282 g/mol. The molecule has 1 atom stereocenters. The molecule has 1 saturated carbocycles. The lowest BCUT2D eigenvalue weighted by molar-refractivity contribution is 0.229. The Morgan fingerprint density at radius 2 is 2.11 bits per heavy atom. The van der Waals surface area contributed by atoms with Gasteiger partial charge >= 0.3 is 0 Å². The Balaban J connectivity index is 2.11. The van der Waals surface area contributed by atoms with Gasteiger partial charge in [0.15, 0.2) is 0 Å². The highest BCUT2D eigenvalue weighted by Gasteiger charge is 2.27. The van der Waals surface area contributed by atoms with Gasteiger partial charge in [-0.25, -0.2) is 13.6 Å². The third-order valence-corrected chi connectivity index (χ3v) is 4.65. The van der Waals surface area contributed by atoms with Crippen LogP contribution in [0.15, 0.2) is 29.2 Å². The highest BCUT2D eigenvalue weighted by Crippen LogP contribution is 2.36. The fourth-order valence-corrected chi connectivity index (χ4v) is 3.38. The standard InChI is InChI=1S/C14H22N2O2S/c1-14(2)8-4-6-12(10-14)16-11-5-3-7-13(9-11)19(15,17)18/h3,5,7,9,12,16H,4,6,8,10H2,1-2H3,(H2,15,17,18). The molecule has 1 aliphatic carbocycles. The zero-order chi connectivity index (χ0) is 14.1. The third-order valence-electron chi connectivity index (χ3n) is 3.74. The lowest BCUT2D eigenvalue weighted by Crippen LogP contribution is -2.31. The summed E-state index contributed by atoms with van der Waals surface area (Å²) < 4.78 is 22.7. The average Bonchev–Trinajstić information content (AvgIpc) is 2.26. The van der Waals surface area contributed by atoms with E-state index in [-0.39, 0.29) is 4.90 Å². The summed E-state index contributed by atoms with van der Waals surface area (Å²) in [6.45, 7) is 4.56. The van der Waals surface area contributed by atoms with E-state index < -0.39 is 10.0 Å². The molecule has 0 bridgehead atoms. The highest BCUT2D eigenvalue weighted by molar-refractivity contribution is 7.89. The molecule has 1 unspecified atom stereocenters. The van der Waals surface area contributed by atoms with Gasteiger partial charge in [0, 0.05) is 11.7 Å². The van der Waals surface area contributed by atoms with Crippen molar-refractivity contribution in [3.63, 3.8) is 0 Å². The molecule has 2 rings (SSSR count). The second kappa shape index (κ2) is 5.13. The van der Waals surface area contributed by atoms with Gasteiger partial charge < -0.3 is 5.32 Å². The van der Waals surface area contributed by atoms with E-state index in [2.05, 4.69) is 19.2 Å². The quantitative estimate of drug-likeness (QED) is 0.895. The summed E-state index contributed by atoms with van der Waals surface area (Å²) in [6.07, 6.45) is 4.69. The van der Waals surface area contributed by atoms with Gasteiger partial charge in [-0.3, -0.25) is 0 Å². The molecule has 4 nitrogen and oxygen atoms in total. The Kier molecular flexibility index (Phi) is 3.87. The maximum absolute atomic E-state index is 11.3. The van der Waals surface area contributed by atoms with E-state index in [1.54, 1.807) is 12.1 Å². The van der Waals surface area contributed by atoms with Gasteiger partial charge in [-0.2, -0.15) is 0 Å². The van der Waals surface area contributed by atoms with Crippen LogP contribution < -0.4 is 10.5 Å². The second-order valence-electron chi connectivity index (χ2n) is 6.17. The van der Waals surface area contributed by atoms with Crippen LogP contribution in [0.5, 0.6) is 0 Å². The number of nitrogens with two attached hydrogens (primary N) is 1. The van der Waals surface area contributed by atoms with E-state index in [0.29, 0.717) is 11.5 Å². The number of hydrogen-bond acceptors (Lipinski definition) is 3. The molecule has 0 saturated heterocycles. The van der Waals surface area contributed by atoms with Crippen molar-refractivity contribution < 1.29 is 8.42 Å². The van der Waals surface area contributed by atoms with Crippen LogP contribution in [0.2, 0.25) is 0 Å². The molecule has 0 spiro atoms. The predicted octanol–water partition coefficient (Wildman–Crippen LogP) is 2.71. The number of hydrogen-bond donors (Lipinski definition) is 2. The van der Waals surface area contributed by atoms with E-state index >= 15 is 0 Å². The van der Waals surface area contributed by atoms with E-state index in [4.69, 9.17) is 5.14 Å². The molecule has 0 aliphatic heterocycles. The van der Waals surface area contributed by atoms with Crippen molar-refractivity contribution >= 4 is 15.7 Å². The van der Waals surface area contributed by atoms with Crippen LogP contribution in [-0.4, -0.2) is 14.5 Å². The summed E-state index contributed by atoms with van der Waals surface area (Å²) in [5.74, 6) is 0. The summed E-state index contributed by atoms with van der Waals surface area (Å²) in [5, 5.41) is 8.58. The normalized spacial score (nSPS) is 23.0. The largest absolute Gasteiger partial charge is 0.382 e. The van der Waals surface area contributed by atoms with Gasteiger partial charge in [0.2, 0.25) is 10.0 Å². The zero-order valence-electron chi connectivity index (χ0n) is 11.5. The minimum absolute atomic E-state index is 0.160. The molecular weight excluding hydrogens is 260 g/mol. The van der Waals surface area contributed by atoms with Crippen molar-refractivity contribution in [2.24, 2.45) is 10.6 Å². The predicted molar refractivity (Wildman–Crippen MR) is 77.5 cm³/mol. The number of anilines is 1. The van der Waals surface area contributed by atoms with Gasteiger partial charge in [0.1, 0.15) is 0 Å². The number of primary sulfonamides is 1. The molecular formula is C14H22N2O2S. The lowest BCUT2D eigenvalue weighted by atomic mass is 9.75. The first kappa shape index (κ1) is 14.3. The van der Waals surface area contributed by atoms with Crippen molar-refractivity contribution in [2.45, 2.75) is 50.5 Å². The number of sulfonamides is 1. The molecule has 0 heterocycles. The molecule has 1 aliphatic rings. The van der Waals surface area contributed by atoms with Crippen molar-refractivity contribution in [3.8, 4) is 0 Å². The van der Waals surface area contributed by atoms with Crippen molar-refractivity contribution in [3.05, 3.63) is 24.3 Å². The van der Waals surface area contributed by atoms with Gasteiger partial charge in [0.05, 0.1) is 4.90 Å². The molecule has 1 fully saturated rings. The Labute approximate surface area is 115 Å². The van der Waals surface area contributed by atoms with Crippen LogP contribution in [-0.2, 0) is 10.0 Å². The molecule has 106 valence electrons. The van der Waals surface area contributed by atoms with Gasteiger partial charge in [-0.05, 0) is 42.9 Å². The number of nitrogens with one attached hydrogen (secondary N) is 1. The van der Waals surface area contributed by atoms with E-state index in [1.807, 2.05) is 6.07 Å². The van der Waals surface area contributed by atoms with Gasteiger partial charge in [-0.1, -0.05) is 26.3 Å². The van der Waals surface area contributed by atoms with Gasteiger partial charge in [-0.15, -0.1) is 0 Å². The summed E-state index contributed by atoms with van der Waals surface area (Å²) in [5.41, 5.74) is 1.18. The first-order valence-electron chi connectivity index (χ1n) is 6.66. The maximum Gasteiger partial charge on any atom is 0.238 e. The van der Waals surface area contributed by atoms with Crippen LogP contribution in [0.25, 0.3) is 0 Å². The molecule has 3 N–H and O–H groups in total. The van der Waals surface area contributed by atoms with Crippen LogP contribution in [0.4, 0.5) is 5.69 Å². The number of rotatable bonds is 3.